The van der Waals surface area contributed by atoms with Gasteiger partial charge in [-0.1, -0.05) is 24.3 Å². The highest BCUT2D eigenvalue weighted by atomic mass is 16.5. The van der Waals surface area contributed by atoms with Crippen LogP contribution in [0.3, 0.4) is 0 Å². The molecule has 0 aromatic heterocycles. The molecule has 0 heterocycles. The molecular formula is C17H23N3O3. The Bertz CT molecular complexity index is 547. The summed E-state index contributed by atoms with van der Waals surface area (Å²) in [7, 11) is 0. The van der Waals surface area contributed by atoms with Crippen LogP contribution in [0.5, 0.6) is 0 Å². The SMILES string of the molecule is CCOCCCNC(=O)/C(C#N)=C\NCc1ccc(CO)cc1. The zero-order valence-corrected chi connectivity index (χ0v) is 13.3. The maximum Gasteiger partial charge on any atom is 0.263 e. The summed E-state index contributed by atoms with van der Waals surface area (Å²) >= 11 is 0. The molecule has 0 aliphatic heterocycles. The Kier molecular flexibility index (Phi) is 9.13. The molecule has 0 fully saturated rings. The van der Waals surface area contributed by atoms with Gasteiger partial charge in [0.15, 0.2) is 0 Å². The fraction of sp³-hybridized carbons (Fsp3) is 0.412. The van der Waals surface area contributed by atoms with Crippen molar-refractivity contribution in [2.24, 2.45) is 0 Å². The smallest absolute Gasteiger partial charge is 0.263 e. The predicted octanol–water partition coefficient (Wildman–Crippen LogP) is 1.22. The van der Waals surface area contributed by atoms with Crippen molar-refractivity contribution in [3.05, 3.63) is 47.2 Å². The van der Waals surface area contributed by atoms with Crippen LogP contribution in [-0.2, 0) is 22.7 Å². The van der Waals surface area contributed by atoms with Crippen molar-refractivity contribution in [2.75, 3.05) is 19.8 Å². The molecule has 0 aliphatic carbocycles. The zero-order chi connectivity index (χ0) is 16.9. The molecule has 0 saturated carbocycles. The predicted molar refractivity (Wildman–Crippen MR) is 87.0 cm³/mol. The lowest BCUT2D eigenvalue weighted by Crippen LogP contribution is -2.27. The quantitative estimate of drug-likeness (QED) is 0.343. The Morgan fingerprint density at radius 2 is 2.04 bits per heavy atom. The molecule has 6 heteroatoms. The number of carbonyl (C=O) groups is 1. The van der Waals surface area contributed by atoms with Gasteiger partial charge < -0.3 is 20.5 Å². The number of aliphatic hydroxyl groups is 1. The van der Waals surface area contributed by atoms with E-state index in [4.69, 9.17) is 15.1 Å². The summed E-state index contributed by atoms with van der Waals surface area (Å²) in [5, 5.41) is 23.6. The van der Waals surface area contributed by atoms with E-state index in [9.17, 15) is 4.79 Å². The van der Waals surface area contributed by atoms with Gasteiger partial charge in [0.25, 0.3) is 5.91 Å². The minimum atomic E-state index is -0.396. The van der Waals surface area contributed by atoms with E-state index in [1.807, 2.05) is 37.3 Å². The first-order chi connectivity index (χ1) is 11.2. The van der Waals surface area contributed by atoms with E-state index in [2.05, 4.69) is 10.6 Å². The standard InChI is InChI=1S/C17H23N3O3/c1-2-23-9-3-8-20-17(22)16(10-18)12-19-11-14-4-6-15(13-21)7-5-14/h4-7,12,19,21H,2-3,8-9,11,13H2,1H3,(H,20,22)/b16-12-. The molecular weight excluding hydrogens is 294 g/mol. The summed E-state index contributed by atoms with van der Waals surface area (Å²) in [5.41, 5.74) is 1.87. The molecule has 3 N–H and O–H groups in total. The van der Waals surface area contributed by atoms with E-state index in [1.165, 1.54) is 6.20 Å². The molecule has 1 amide bonds. The minimum Gasteiger partial charge on any atom is -0.392 e. The summed E-state index contributed by atoms with van der Waals surface area (Å²) in [5.74, 6) is -0.396. The van der Waals surface area contributed by atoms with E-state index >= 15 is 0 Å². The molecule has 0 saturated heterocycles. The van der Waals surface area contributed by atoms with Crippen LogP contribution in [0.1, 0.15) is 24.5 Å². The number of nitrogens with zero attached hydrogens (tertiary/aromatic N) is 1. The van der Waals surface area contributed by atoms with Crippen LogP contribution in [0.2, 0.25) is 0 Å². The van der Waals surface area contributed by atoms with Crippen molar-refractivity contribution >= 4 is 5.91 Å². The van der Waals surface area contributed by atoms with Crippen LogP contribution >= 0.6 is 0 Å². The number of ether oxygens (including phenoxy) is 1. The normalized spacial score (nSPS) is 10.9. The fourth-order valence-electron chi connectivity index (χ4n) is 1.80. The van der Waals surface area contributed by atoms with Gasteiger partial charge in [-0.25, -0.2) is 0 Å². The summed E-state index contributed by atoms with van der Waals surface area (Å²) in [6, 6.07) is 9.30. The van der Waals surface area contributed by atoms with Gasteiger partial charge in [-0.2, -0.15) is 5.26 Å². The first-order valence-corrected chi connectivity index (χ1v) is 7.59. The number of nitrogens with one attached hydrogen (secondary N) is 2. The number of nitriles is 1. The second kappa shape index (κ2) is 11.2. The molecule has 23 heavy (non-hydrogen) atoms. The van der Waals surface area contributed by atoms with Crippen LogP contribution in [0, 0.1) is 11.3 Å². The summed E-state index contributed by atoms with van der Waals surface area (Å²) < 4.78 is 5.17. The third-order valence-electron chi connectivity index (χ3n) is 3.08. The van der Waals surface area contributed by atoms with E-state index < -0.39 is 5.91 Å². The van der Waals surface area contributed by atoms with Crippen LogP contribution in [-0.4, -0.2) is 30.8 Å². The number of amides is 1. The Labute approximate surface area is 136 Å². The maximum absolute atomic E-state index is 11.8. The van der Waals surface area contributed by atoms with Gasteiger partial charge in [-0.3, -0.25) is 4.79 Å². The topological polar surface area (TPSA) is 94.4 Å². The fourth-order valence-corrected chi connectivity index (χ4v) is 1.80. The van der Waals surface area contributed by atoms with Crippen LogP contribution in [0.15, 0.2) is 36.0 Å². The molecule has 0 radical (unpaired) electrons. The highest BCUT2D eigenvalue weighted by molar-refractivity contribution is 5.97. The first-order valence-electron chi connectivity index (χ1n) is 7.59. The van der Waals surface area contributed by atoms with Crippen molar-refractivity contribution < 1.29 is 14.6 Å². The summed E-state index contributed by atoms with van der Waals surface area (Å²) in [6.45, 7) is 4.13. The molecule has 0 atom stereocenters. The monoisotopic (exact) mass is 317 g/mol. The Hall–Kier alpha value is -2.36. The molecule has 1 rings (SSSR count). The van der Waals surface area contributed by atoms with Gasteiger partial charge >= 0.3 is 0 Å². The van der Waals surface area contributed by atoms with Gasteiger partial charge in [0.2, 0.25) is 0 Å². The highest BCUT2D eigenvalue weighted by Gasteiger charge is 2.07. The van der Waals surface area contributed by atoms with E-state index in [0.717, 1.165) is 11.1 Å². The third-order valence-corrected chi connectivity index (χ3v) is 3.08. The summed E-state index contributed by atoms with van der Waals surface area (Å²) in [6.07, 6.45) is 2.13. The lowest BCUT2D eigenvalue weighted by atomic mass is 10.1. The minimum absolute atomic E-state index is 0.00958. The van der Waals surface area contributed by atoms with E-state index in [0.29, 0.717) is 32.7 Å². The number of aliphatic hydroxyl groups excluding tert-OH is 1. The van der Waals surface area contributed by atoms with Gasteiger partial charge in [0, 0.05) is 32.5 Å². The number of hydrogen-bond acceptors (Lipinski definition) is 5. The highest BCUT2D eigenvalue weighted by Crippen LogP contribution is 2.04. The molecule has 0 aliphatic rings. The first kappa shape index (κ1) is 18.7. The molecule has 6 nitrogen and oxygen atoms in total. The van der Waals surface area contributed by atoms with Crippen LogP contribution in [0.25, 0.3) is 0 Å². The molecule has 0 unspecified atom stereocenters. The average Bonchev–Trinajstić information content (AvgIpc) is 2.59. The number of rotatable bonds is 10. The molecule has 1 aromatic rings. The van der Waals surface area contributed by atoms with E-state index in [1.54, 1.807) is 0 Å². The van der Waals surface area contributed by atoms with Crippen molar-refractivity contribution in [3.8, 4) is 6.07 Å². The molecule has 0 bridgehead atoms. The van der Waals surface area contributed by atoms with Crippen molar-refractivity contribution in [3.63, 3.8) is 0 Å². The Balaban J connectivity index is 2.39. The molecule has 124 valence electrons. The number of carbonyl (C=O) groups excluding carboxylic acids is 1. The third kappa shape index (κ3) is 7.45. The Morgan fingerprint density at radius 3 is 2.65 bits per heavy atom. The van der Waals surface area contributed by atoms with Gasteiger partial charge in [-0.15, -0.1) is 0 Å². The zero-order valence-electron chi connectivity index (χ0n) is 13.3. The average molecular weight is 317 g/mol. The van der Waals surface area contributed by atoms with Gasteiger partial charge in [0.05, 0.1) is 6.61 Å². The van der Waals surface area contributed by atoms with Gasteiger partial charge in [0.1, 0.15) is 11.6 Å². The van der Waals surface area contributed by atoms with Crippen molar-refractivity contribution in [1.82, 2.24) is 10.6 Å². The summed E-state index contributed by atoms with van der Waals surface area (Å²) in [4.78, 5) is 11.8. The molecule has 0 spiro atoms. The lowest BCUT2D eigenvalue weighted by molar-refractivity contribution is -0.117. The second-order valence-electron chi connectivity index (χ2n) is 4.83. The second-order valence-corrected chi connectivity index (χ2v) is 4.83. The maximum atomic E-state index is 11.8. The lowest BCUT2D eigenvalue weighted by Gasteiger charge is -2.06. The van der Waals surface area contributed by atoms with Crippen LogP contribution in [0.4, 0.5) is 0 Å². The van der Waals surface area contributed by atoms with Crippen molar-refractivity contribution in [2.45, 2.75) is 26.5 Å². The number of benzene rings is 1. The molecule has 1 aromatic carbocycles. The van der Waals surface area contributed by atoms with E-state index in [-0.39, 0.29) is 12.2 Å². The van der Waals surface area contributed by atoms with Gasteiger partial charge in [-0.05, 0) is 24.5 Å². The largest absolute Gasteiger partial charge is 0.392 e. The van der Waals surface area contributed by atoms with Crippen molar-refractivity contribution in [1.29, 1.82) is 5.26 Å². The number of hydrogen-bond donors (Lipinski definition) is 3. The Morgan fingerprint density at radius 1 is 1.35 bits per heavy atom. The van der Waals surface area contributed by atoms with Crippen LogP contribution < -0.4 is 10.6 Å².